The minimum Gasteiger partial charge on any atom is -0.494 e. The van der Waals surface area contributed by atoms with Gasteiger partial charge in [0.15, 0.2) is 0 Å². The Morgan fingerprint density at radius 3 is 2.73 bits per heavy atom. The molecule has 0 atom stereocenters. The number of benzene rings is 1. The van der Waals surface area contributed by atoms with Gasteiger partial charge in [0.25, 0.3) is 0 Å². The van der Waals surface area contributed by atoms with E-state index >= 15 is 0 Å². The van der Waals surface area contributed by atoms with Crippen LogP contribution in [0.5, 0.6) is 11.5 Å². The lowest BCUT2D eigenvalue weighted by atomic mass is 9.90. The summed E-state index contributed by atoms with van der Waals surface area (Å²) in [7, 11) is 0. The second-order valence-electron chi connectivity index (χ2n) is 3.88. The summed E-state index contributed by atoms with van der Waals surface area (Å²) in [5.41, 5.74) is 5.70. The third kappa shape index (κ3) is 2.63. The Labute approximate surface area is 90.2 Å². The molecular formula is C12H17NO2. The van der Waals surface area contributed by atoms with Crippen LogP contribution in [0, 0.1) is 0 Å². The summed E-state index contributed by atoms with van der Waals surface area (Å²) in [4.78, 5) is 0. The maximum atomic E-state index is 5.75. The Morgan fingerprint density at radius 1 is 1.33 bits per heavy atom. The summed E-state index contributed by atoms with van der Waals surface area (Å²) in [6.07, 6.45) is 2.20. The SMILES string of the molecule is CCOc1cccc(O[C@H]2C[C@@H](N)C2)c1. The number of hydrogen-bond donors (Lipinski definition) is 1. The van der Waals surface area contributed by atoms with E-state index in [1.165, 1.54) is 0 Å². The van der Waals surface area contributed by atoms with Crippen LogP contribution in [0.2, 0.25) is 0 Å². The zero-order valence-corrected chi connectivity index (χ0v) is 8.98. The predicted molar refractivity (Wildman–Crippen MR) is 59.2 cm³/mol. The van der Waals surface area contributed by atoms with Crippen LogP contribution < -0.4 is 15.2 Å². The largest absolute Gasteiger partial charge is 0.494 e. The quantitative estimate of drug-likeness (QED) is 0.820. The van der Waals surface area contributed by atoms with Gasteiger partial charge in [-0.15, -0.1) is 0 Å². The molecule has 2 N–H and O–H groups in total. The zero-order chi connectivity index (χ0) is 10.7. The van der Waals surface area contributed by atoms with E-state index in [0.717, 1.165) is 24.3 Å². The van der Waals surface area contributed by atoms with Crippen molar-refractivity contribution < 1.29 is 9.47 Å². The predicted octanol–water partition coefficient (Wildman–Crippen LogP) is 1.95. The highest BCUT2D eigenvalue weighted by Crippen LogP contribution is 2.26. The summed E-state index contributed by atoms with van der Waals surface area (Å²) in [6, 6.07) is 8.08. The topological polar surface area (TPSA) is 44.5 Å². The molecule has 1 aromatic rings. The molecule has 0 heterocycles. The molecule has 1 fully saturated rings. The molecule has 0 aliphatic heterocycles. The zero-order valence-electron chi connectivity index (χ0n) is 8.98. The smallest absolute Gasteiger partial charge is 0.123 e. The second-order valence-corrected chi connectivity index (χ2v) is 3.88. The molecule has 1 aliphatic rings. The number of hydrogen-bond acceptors (Lipinski definition) is 3. The summed E-state index contributed by atoms with van der Waals surface area (Å²) in [5.74, 6) is 1.73. The minimum atomic E-state index is 0.289. The minimum absolute atomic E-state index is 0.289. The average molecular weight is 207 g/mol. The van der Waals surface area contributed by atoms with Gasteiger partial charge in [-0.3, -0.25) is 0 Å². The van der Waals surface area contributed by atoms with Gasteiger partial charge in [-0.05, 0) is 31.9 Å². The Hall–Kier alpha value is -1.22. The summed E-state index contributed by atoms with van der Waals surface area (Å²) < 4.78 is 11.1. The van der Waals surface area contributed by atoms with Crippen molar-refractivity contribution in [2.24, 2.45) is 5.73 Å². The Morgan fingerprint density at radius 2 is 2.07 bits per heavy atom. The fourth-order valence-corrected chi connectivity index (χ4v) is 1.70. The van der Waals surface area contributed by atoms with Gasteiger partial charge >= 0.3 is 0 Å². The molecule has 3 nitrogen and oxygen atoms in total. The van der Waals surface area contributed by atoms with Crippen LogP contribution in [0.25, 0.3) is 0 Å². The molecule has 1 aliphatic carbocycles. The van der Waals surface area contributed by atoms with E-state index in [2.05, 4.69) is 0 Å². The van der Waals surface area contributed by atoms with Gasteiger partial charge in [0.1, 0.15) is 17.6 Å². The molecule has 0 radical (unpaired) electrons. The summed E-state index contributed by atoms with van der Waals surface area (Å²) in [6.45, 7) is 2.65. The number of nitrogens with two attached hydrogens (primary N) is 1. The van der Waals surface area contributed by atoms with E-state index in [1.807, 2.05) is 31.2 Å². The first-order valence-electron chi connectivity index (χ1n) is 5.43. The van der Waals surface area contributed by atoms with E-state index in [0.29, 0.717) is 12.6 Å². The molecule has 82 valence electrons. The molecule has 1 aromatic carbocycles. The van der Waals surface area contributed by atoms with Crippen molar-refractivity contribution in [3.63, 3.8) is 0 Å². The molecule has 2 rings (SSSR count). The van der Waals surface area contributed by atoms with E-state index in [1.54, 1.807) is 0 Å². The van der Waals surface area contributed by atoms with Crippen LogP contribution in [-0.2, 0) is 0 Å². The first kappa shape index (κ1) is 10.3. The number of rotatable bonds is 4. The Balaban J connectivity index is 1.93. The van der Waals surface area contributed by atoms with Crippen molar-refractivity contribution >= 4 is 0 Å². The molecular weight excluding hydrogens is 190 g/mol. The standard InChI is InChI=1S/C12H17NO2/c1-2-14-10-4-3-5-11(8-10)15-12-6-9(13)7-12/h3-5,8-9,12H,2,6-7,13H2,1H3/t9-,12+. The van der Waals surface area contributed by atoms with E-state index in [9.17, 15) is 0 Å². The van der Waals surface area contributed by atoms with Crippen LogP contribution >= 0.6 is 0 Å². The molecule has 0 unspecified atom stereocenters. The van der Waals surface area contributed by atoms with Crippen molar-refractivity contribution in [3.8, 4) is 11.5 Å². The molecule has 1 saturated carbocycles. The summed E-state index contributed by atoms with van der Waals surface area (Å²) in [5, 5.41) is 0. The van der Waals surface area contributed by atoms with E-state index < -0.39 is 0 Å². The molecule has 0 amide bonds. The van der Waals surface area contributed by atoms with Crippen LogP contribution in [0.3, 0.4) is 0 Å². The van der Waals surface area contributed by atoms with Crippen molar-refractivity contribution in [1.29, 1.82) is 0 Å². The third-order valence-electron chi connectivity index (χ3n) is 2.55. The first-order chi connectivity index (χ1) is 7.28. The third-order valence-corrected chi connectivity index (χ3v) is 2.55. The van der Waals surface area contributed by atoms with Crippen LogP contribution in [0.4, 0.5) is 0 Å². The highest BCUT2D eigenvalue weighted by molar-refractivity contribution is 5.33. The van der Waals surface area contributed by atoms with Gasteiger partial charge in [-0.25, -0.2) is 0 Å². The maximum Gasteiger partial charge on any atom is 0.123 e. The second kappa shape index (κ2) is 4.53. The van der Waals surface area contributed by atoms with Gasteiger partial charge in [0.05, 0.1) is 6.61 Å². The maximum absolute atomic E-state index is 5.75. The van der Waals surface area contributed by atoms with Crippen LogP contribution in [0.15, 0.2) is 24.3 Å². The van der Waals surface area contributed by atoms with Gasteiger partial charge in [-0.2, -0.15) is 0 Å². The van der Waals surface area contributed by atoms with Gasteiger partial charge in [-0.1, -0.05) is 6.07 Å². The lowest BCUT2D eigenvalue weighted by Gasteiger charge is -2.32. The number of ether oxygens (including phenoxy) is 2. The molecule has 3 heteroatoms. The van der Waals surface area contributed by atoms with Crippen molar-refractivity contribution in [2.45, 2.75) is 31.9 Å². The van der Waals surface area contributed by atoms with Crippen LogP contribution in [0.1, 0.15) is 19.8 Å². The molecule has 0 saturated heterocycles. The molecule has 0 aromatic heterocycles. The van der Waals surface area contributed by atoms with Crippen molar-refractivity contribution in [3.05, 3.63) is 24.3 Å². The van der Waals surface area contributed by atoms with Gasteiger partial charge in [0.2, 0.25) is 0 Å². The first-order valence-corrected chi connectivity index (χ1v) is 5.43. The molecule has 0 spiro atoms. The lowest BCUT2D eigenvalue weighted by molar-refractivity contribution is 0.101. The highest BCUT2D eigenvalue weighted by atomic mass is 16.5. The molecule has 0 bridgehead atoms. The normalized spacial score (nSPS) is 24.4. The van der Waals surface area contributed by atoms with Gasteiger partial charge < -0.3 is 15.2 Å². The lowest BCUT2D eigenvalue weighted by Crippen LogP contribution is -2.43. The van der Waals surface area contributed by atoms with Crippen molar-refractivity contribution in [1.82, 2.24) is 0 Å². The Kier molecular flexibility index (Phi) is 3.11. The van der Waals surface area contributed by atoms with E-state index in [-0.39, 0.29) is 6.10 Å². The van der Waals surface area contributed by atoms with Gasteiger partial charge in [0, 0.05) is 12.1 Å². The fourth-order valence-electron chi connectivity index (χ4n) is 1.70. The van der Waals surface area contributed by atoms with Crippen molar-refractivity contribution in [2.75, 3.05) is 6.61 Å². The monoisotopic (exact) mass is 207 g/mol. The van der Waals surface area contributed by atoms with E-state index in [4.69, 9.17) is 15.2 Å². The summed E-state index contributed by atoms with van der Waals surface area (Å²) >= 11 is 0. The van der Waals surface area contributed by atoms with Crippen LogP contribution in [-0.4, -0.2) is 18.8 Å². The highest BCUT2D eigenvalue weighted by Gasteiger charge is 2.27. The fraction of sp³-hybridized carbons (Fsp3) is 0.500. The Bertz CT molecular complexity index is 321. The average Bonchev–Trinajstić information content (AvgIpc) is 2.17. The molecule has 15 heavy (non-hydrogen) atoms.